The number of amides is 2. The van der Waals surface area contributed by atoms with Gasteiger partial charge in [0.05, 0.1) is 18.0 Å². The molecule has 0 aliphatic carbocycles. The van der Waals surface area contributed by atoms with Crippen molar-refractivity contribution in [2.75, 3.05) is 51.2 Å². The Labute approximate surface area is 191 Å². The Morgan fingerprint density at radius 2 is 1.75 bits per heavy atom. The van der Waals surface area contributed by atoms with Crippen LogP contribution >= 0.6 is 11.6 Å². The predicted octanol–water partition coefficient (Wildman–Crippen LogP) is 1.56. The maximum atomic E-state index is 13.0. The molecule has 32 heavy (non-hydrogen) atoms. The maximum absolute atomic E-state index is 13.0. The number of sulfonamides is 1. The zero-order valence-corrected chi connectivity index (χ0v) is 19.1. The standard InChI is InChI=1S/C21H24ClFN4O4S/c1-25(32(30,31)19-7-5-17(23)6-8-19)15-20(28)24-14-21(29)27-11-9-26(10-12-27)18-4-2-3-16(22)13-18/h2-8,13H,9-12,14-15H2,1H3,(H,24,28). The first kappa shape index (κ1) is 24.0. The quantitative estimate of drug-likeness (QED) is 0.647. The van der Waals surface area contributed by atoms with Crippen LogP contribution in [0.4, 0.5) is 10.1 Å². The van der Waals surface area contributed by atoms with E-state index in [9.17, 15) is 22.4 Å². The molecule has 0 spiro atoms. The van der Waals surface area contributed by atoms with Gasteiger partial charge in [-0.15, -0.1) is 0 Å². The Morgan fingerprint density at radius 1 is 1.09 bits per heavy atom. The molecule has 11 heteroatoms. The highest BCUT2D eigenvalue weighted by Gasteiger charge is 2.25. The zero-order chi connectivity index (χ0) is 23.3. The highest BCUT2D eigenvalue weighted by atomic mass is 35.5. The normalized spacial score (nSPS) is 14.5. The second-order valence-electron chi connectivity index (χ2n) is 7.34. The van der Waals surface area contributed by atoms with E-state index in [4.69, 9.17) is 11.6 Å². The average molecular weight is 483 g/mol. The van der Waals surface area contributed by atoms with Crippen LogP contribution in [-0.4, -0.2) is 75.8 Å². The molecule has 0 bridgehead atoms. The van der Waals surface area contributed by atoms with E-state index in [2.05, 4.69) is 10.2 Å². The Bertz CT molecular complexity index is 1070. The van der Waals surface area contributed by atoms with Crippen molar-refractivity contribution in [1.29, 1.82) is 0 Å². The van der Waals surface area contributed by atoms with Crippen molar-refractivity contribution in [3.8, 4) is 0 Å². The Balaban J connectivity index is 1.45. The van der Waals surface area contributed by atoms with Gasteiger partial charge in [-0.1, -0.05) is 17.7 Å². The molecule has 1 aliphatic heterocycles. The lowest BCUT2D eigenvalue weighted by Gasteiger charge is -2.36. The van der Waals surface area contributed by atoms with Gasteiger partial charge < -0.3 is 15.1 Å². The first-order valence-electron chi connectivity index (χ1n) is 9.94. The summed E-state index contributed by atoms with van der Waals surface area (Å²) in [4.78, 5) is 28.3. The Hall–Kier alpha value is -2.69. The number of likely N-dealkylation sites (N-methyl/N-ethyl adjacent to an activating group) is 1. The summed E-state index contributed by atoms with van der Waals surface area (Å²) in [6, 6.07) is 11.8. The summed E-state index contributed by atoms with van der Waals surface area (Å²) in [7, 11) is -2.70. The van der Waals surface area contributed by atoms with Crippen LogP contribution in [-0.2, 0) is 19.6 Å². The number of rotatable bonds is 7. The number of hydrogen-bond donors (Lipinski definition) is 1. The topological polar surface area (TPSA) is 90.0 Å². The number of nitrogens with zero attached hydrogens (tertiary/aromatic N) is 3. The van der Waals surface area contributed by atoms with Gasteiger partial charge in [0, 0.05) is 43.9 Å². The molecule has 2 aromatic carbocycles. The van der Waals surface area contributed by atoms with Crippen LogP contribution in [0.1, 0.15) is 0 Å². The number of hydrogen-bond acceptors (Lipinski definition) is 5. The first-order valence-corrected chi connectivity index (χ1v) is 11.8. The molecule has 0 atom stereocenters. The van der Waals surface area contributed by atoms with Gasteiger partial charge in [0.25, 0.3) is 0 Å². The molecule has 0 unspecified atom stereocenters. The number of carbonyl (C=O) groups is 2. The van der Waals surface area contributed by atoms with Gasteiger partial charge in [0.2, 0.25) is 21.8 Å². The largest absolute Gasteiger partial charge is 0.368 e. The lowest BCUT2D eigenvalue weighted by molar-refractivity contribution is -0.133. The van der Waals surface area contributed by atoms with Crippen molar-refractivity contribution in [3.05, 3.63) is 59.4 Å². The van der Waals surface area contributed by atoms with Gasteiger partial charge in [0.15, 0.2) is 0 Å². The highest BCUT2D eigenvalue weighted by Crippen LogP contribution is 2.20. The van der Waals surface area contributed by atoms with Crippen LogP contribution in [0.25, 0.3) is 0 Å². The van der Waals surface area contributed by atoms with Gasteiger partial charge in [-0.05, 0) is 42.5 Å². The van der Waals surface area contributed by atoms with Crippen molar-refractivity contribution in [1.82, 2.24) is 14.5 Å². The van der Waals surface area contributed by atoms with E-state index in [0.29, 0.717) is 31.2 Å². The lowest BCUT2D eigenvalue weighted by Crippen LogP contribution is -2.51. The van der Waals surface area contributed by atoms with Gasteiger partial charge in [-0.25, -0.2) is 12.8 Å². The molecule has 172 valence electrons. The van der Waals surface area contributed by atoms with Crippen molar-refractivity contribution in [2.24, 2.45) is 0 Å². The van der Waals surface area contributed by atoms with Crippen LogP contribution in [0.2, 0.25) is 5.02 Å². The number of piperazine rings is 1. The molecule has 0 saturated carbocycles. The van der Waals surface area contributed by atoms with Gasteiger partial charge in [-0.2, -0.15) is 4.31 Å². The fourth-order valence-corrected chi connectivity index (χ4v) is 4.61. The van der Waals surface area contributed by atoms with Crippen LogP contribution in [0, 0.1) is 5.82 Å². The molecule has 8 nitrogen and oxygen atoms in total. The second kappa shape index (κ2) is 10.3. The number of carbonyl (C=O) groups excluding carboxylic acids is 2. The minimum atomic E-state index is -3.95. The summed E-state index contributed by atoms with van der Waals surface area (Å²) in [6.07, 6.45) is 0. The molecule has 0 aromatic heterocycles. The molecule has 0 radical (unpaired) electrons. The number of benzene rings is 2. The van der Waals surface area contributed by atoms with Gasteiger partial charge >= 0.3 is 0 Å². The van der Waals surface area contributed by atoms with E-state index < -0.39 is 28.3 Å². The van der Waals surface area contributed by atoms with Crippen molar-refractivity contribution < 1.29 is 22.4 Å². The smallest absolute Gasteiger partial charge is 0.243 e. The van der Waals surface area contributed by atoms with Crippen LogP contribution in [0.15, 0.2) is 53.4 Å². The summed E-state index contributed by atoms with van der Waals surface area (Å²) < 4.78 is 38.8. The van der Waals surface area contributed by atoms with Crippen molar-refractivity contribution >= 4 is 39.1 Å². The molecular weight excluding hydrogens is 459 g/mol. The predicted molar refractivity (Wildman–Crippen MR) is 119 cm³/mol. The molecule has 1 fully saturated rings. The van der Waals surface area contributed by atoms with Crippen molar-refractivity contribution in [3.63, 3.8) is 0 Å². The average Bonchev–Trinajstić information content (AvgIpc) is 2.78. The second-order valence-corrected chi connectivity index (χ2v) is 9.82. The van der Waals surface area contributed by atoms with E-state index in [1.165, 1.54) is 7.05 Å². The molecule has 1 aliphatic rings. The fraction of sp³-hybridized carbons (Fsp3) is 0.333. The van der Waals surface area contributed by atoms with E-state index in [-0.39, 0.29) is 17.3 Å². The third-order valence-corrected chi connectivity index (χ3v) is 7.18. The monoisotopic (exact) mass is 482 g/mol. The van der Waals surface area contributed by atoms with E-state index in [1.807, 2.05) is 18.2 Å². The summed E-state index contributed by atoms with van der Waals surface area (Å²) in [6.45, 7) is 1.59. The molecule has 1 saturated heterocycles. The number of halogens is 2. The molecule has 1 heterocycles. The van der Waals surface area contributed by atoms with Gasteiger partial charge in [-0.3, -0.25) is 9.59 Å². The van der Waals surface area contributed by atoms with E-state index >= 15 is 0 Å². The minimum absolute atomic E-state index is 0.122. The molecule has 3 rings (SSSR count). The Kier molecular flexibility index (Phi) is 7.70. The maximum Gasteiger partial charge on any atom is 0.243 e. The summed E-state index contributed by atoms with van der Waals surface area (Å²) in [5, 5.41) is 3.11. The lowest BCUT2D eigenvalue weighted by atomic mass is 10.2. The zero-order valence-electron chi connectivity index (χ0n) is 17.5. The number of anilines is 1. The van der Waals surface area contributed by atoms with Crippen LogP contribution < -0.4 is 10.2 Å². The van der Waals surface area contributed by atoms with Crippen LogP contribution in [0.3, 0.4) is 0 Å². The third-order valence-electron chi connectivity index (χ3n) is 5.13. The van der Waals surface area contributed by atoms with Crippen LogP contribution in [0.5, 0.6) is 0 Å². The highest BCUT2D eigenvalue weighted by molar-refractivity contribution is 7.89. The van der Waals surface area contributed by atoms with E-state index in [1.54, 1.807) is 11.0 Å². The third kappa shape index (κ3) is 5.96. The summed E-state index contributed by atoms with van der Waals surface area (Å²) in [5.41, 5.74) is 0.989. The Morgan fingerprint density at radius 3 is 2.38 bits per heavy atom. The number of nitrogens with one attached hydrogen (secondary N) is 1. The van der Waals surface area contributed by atoms with Crippen molar-refractivity contribution in [2.45, 2.75) is 4.90 Å². The van der Waals surface area contributed by atoms with Gasteiger partial charge in [0.1, 0.15) is 5.82 Å². The SMILES string of the molecule is CN(CC(=O)NCC(=O)N1CCN(c2cccc(Cl)c2)CC1)S(=O)(=O)c1ccc(F)cc1. The minimum Gasteiger partial charge on any atom is -0.368 e. The summed E-state index contributed by atoms with van der Waals surface area (Å²) >= 11 is 6.03. The molecule has 2 amide bonds. The van der Waals surface area contributed by atoms with E-state index in [0.717, 1.165) is 34.3 Å². The first-order chi connectivity index (χ1) is 15.2. The molecule has 1 N–H and O–H groups in total. The molecule has 2 aromatic rings. The fourth-order valence-electron chi connectivity index (χ4n) is 3.30. The summed E-state index contributed by atoms with van der Waals surface area (Å²) in [5.74, 6) is -1.41. The molecular formula is C21H24ClFN4O4S.